The molecule has 0 aliphatic carbocycles. The second-order valence-electron chi connectivity index (χ2n) is 5.03. The number of rotatable bonds is 10. The lowest BCUT2D eigenvalue weighted by Crippen LogP contribution is -2.61. The average molecular weight is 405 g/mol. The Bertz CT molecular complexity index is 498. The first-order valence-electron chi connectivity index (χ1n) is 7.20. The summed E-state index contributed by atoms with van der Waals surface area (Å²) in [5.41, 5.74) is 4.91. The van der Waals surface area contributed by atoms with Gasteiger partial charge < -0.3 is 5.73 Å². The molecule has 0 aromatic heterocycles. The van der Waals surface area contributed by atoms with Gasteiger partial charge in [-0.25, -0.2) is 4.39 Å². The van der Waals surface area contributed by atoms with Gasteiger partial charge in [-0.05, 0) is 6.42 Å². The Morgan fingerprint density at radius 3 is 1.88 bits per heavy atom. The fraction of sp³-hybridized carbons (Fsp3) is 0.846. The average Bonchev–Trinajstić information content (AvgIpc) is 2.50. The molecule has 0 amide bonds. The van der Waals surface area contributed by atoms with Crippen molar-refractivity contribution >= 4 is 10.1 Å². The quantitative estimate of drug-likeness (QED) is 0.247. The van der Waals surface area contributed by atoms with Gasteiger partial charge in [-0.2, -0.15) is 34.8 Å². The van der Waals surface area contributed by atoms with Crippen LogP contribution in [0.5, 0.6) is 0 Å². The predicted molar refractivity (Wildman–Crippen MR) is 79.3 cm³/mol. The lowest BCUT2D eigenvalue weighted by atomic mass is 10.0. The molecule has 1 unspecified atom stereocenters. The summed E-state index contributed by atoms with van der Waals surface area (Å²) >= 11 is 0. The molecule has 0 aromatic carbocycles. The van der Waals surface area contributed by atoms with Crippen molar-refractivity contribution in [2.75, 3.05) is 6.54 Å². The van der Waals surface area contributed by atoms with Crippen molar-refractivity contribution < 1.29 is 43.7 Å². The molecule has 3 N–H and O–H groups in total. The topological polar surface area (TPSA) is 80.4 Å². The Balaban J connectivity index is 0. The molecule has 0 rings (SSSR count). The summed E-state index contributed by atoms with van der Waals surface area (Å²) in [7, 11) is -6.84. The van der Waals surface area contributed by atoms with Gasteiger partial charge in [0.1, 0.15) is 0 Å². The molecule has 0 bridgehead atoms. The van der Waals surface area contributed by atoms with Crippen molar-refractivity contribution in [2.24, 2.45) is 5.73 Å². The molecule has 0 saturated carbocycles. The first-order chi connectivity index (χ1) is 11.1. The minimum absolute atomic E-state index is 0.229. The lowest BCUT2D eigenvalue weighted by Gasteiger charge is -2.32. The van der Waals surface area contributed by atoms with E-state index in [1.807, 2.05) is 0 Å². The Labute approximate surface area is 142 Å². The van der Waals surface area contributed by atoms with E-state index in [1.54, 1.807) is 13.0 Å². The maximum Gasteiger partial charge on any atom is 0.438 e. The number of alkyl halides is 7. The zero-order valence-electron chi connectivity index (χ0n) is 13.5. The smallest absolute Gasteiger partial charge is 0.327 e. The zero-order chi connectivity index (χ0) is 20.5. The molecule has 0 aliphatic rings. The third-order valence-electron chi connectivity index (χ3n) is 2.98. The molecule has 0 heterocycles. The van der Waals surface area contributed by atoms with Crippen LogP contribution in [0.15, 0.2) is 12.7 Å². The van der Waals surface area contributed by atoms with Crippen molar-refractivity contribution in [3.63, 3.8) is 0 Å². The molecule has 0 saturated heterocycles. The second-order valence-corrected chi connectivity index (χ2v) is 6.49. The number of unbranched alkanes of at least 4 members (excludes halogenated alkanes) is 3. The van der Waals surface area contributed by atoms with E-state index in [-0.39, 0.29) is 12.8 Å². The Morgan fingerprint density at radius 2 is 1.56 bits per heavy atom. The second kappa shape index (κ2) is 10.3. The number of hydrogen-bond acceptors (Lipinski definition) is 3. The van der Waals surface area contributed by atoms with Crippen LogP contribution >= 0.6 is 0 Å². The van der Waals surface area contributed by atoms with Gasteiger partial charge in [0, 0.05) is 6.54 Å². The van der Waals surface area contributed by atoms with E-state index in [4.69, 9.17) is 10.3 Å². The maximum atomic E-state index is 13.2. The molecule has 0 radical (unpaired) electrons. The maximum absolute atomic E-state index is 13.2. The third kappa shape index (κ3) is 6.74. The van der Waals surface area contributed by atoms with E-state index in [1.165, 1.54) is 0 Å². The fourth-order valence-electron chi connectivity index (χ4n) is 1.48. The molecule has 4 nitrogen and oxygen atoms in total. The van der Waals surface area contributed by atoms with E-state index in [0.717, 1.165) is 0 Å². The predicted octanol–water partition coefficient (Wildman–Crippen LogP) is 4.18. The van der Waals surface area contributed by atoms with Crippen LogP contribution in [0, 0.1) is 0 Å². The van der Waals surface area contributed by atoms with Gasteiger partial charge in [0.2, 0.25) is 0 Å². The van der Waals surface area contributed by atoms with Crippen LogP contribution in [0.3, 0.4) is 0 Å². The standard InChI is InChI=1S/C10H15F7O3S.C3H7N/c1-2-3-4-5-6-7(11)8(12,13)9(14,15)10(16,17)21(18,19)20;1-2-3-4/h7H,2-6H2,1H3,(H,18,19,20);2H,1,3-4H2. The van der Waals surface area contributed by atoms with Crippen molar-refractivity contribution in [1.29, 1.82) is 0 Å². The molecule has 25 heavy (non-hydrogen) atoms. The molecule has 0 aliphatic heterocycles. The molecular weight excluding hydrogens is 383 g/mol. The summed E-state index contributed by atoms with van der Waals surface area (Å²) in [5, 5.41) is -6.50. The first kappa shape index (κ1) is 26.4. The molecule has 0 aromatic rings. The highest BCUT2D eigenvalue weighted by Gasteiger charge is 2.79. The zero-order valence-corrected chi connectivity index (χ0v) is 14.3. The van der Waals surface area contributed by atoms with Gasteiger partial charge in [-0.3, -0.25) is 4.55 Å². The van der Waals surface area contributed by atoms with Crippen LogP contribution in [-0.4, -0.2) is 42.8 Å². The normalized spacial score (nSPS) is 14.5. The molecule has 152 valence electrons. The van der Waals surface area contributed by atoms with Crippen LogP contribution in [0.4, 0.5) is 30.7 Å². The highest BCUT2D eigenvalue weighted by molar-refractivity contribution is 7.87. The number of nitrogens with two attached hydrogens (primary N) is 1. The molecule has 12 heteroatoms. The summed E-state index contributed by atoms with van der Waals surface area (Å²) in [6.07, 6.45) is -2.02. The van der Waals surface area contributed by atoms with Crippen LogP contribution in [0.25, 0.3) is 0 Å². The van der Waals surface area contributed by atoms with Gasteiger partial charge in [0.15, 0.2) is 6.17 Å². The summed E-state index contributed by atoms with van der Waals surface area (Å²) in [6.45, 7) is 5.68. The van der Waals surface area contributed by atoms with Crippen LogP contribution in [0.1, 0.15) is 39.0 Å². The highest BCUT2D eigenvalue weighted by atomic mass is 32.2. The summed E-state index contributed by atoms with van der Waals surface area (Å²) in [4.78, 5) is 0. The van der Waals surface area contributed by atoms with Gasteiger partial charge >= 0.3 is 27.2 Å². The third-order valence-corrected chi connectivity index (χ3v) is 3.88. The van der Waals surface area contributed by atoms with Crippen molar-refractivity contribution in [1.82, 2.24) is 0 Å². The first-order valence-corrected chi connectivity index (χ1v) is 8.64. The summed E-state index contributed by atoms with van der Waals surface area (Å²) in [5.74, 6) is -12.5. The van der Waals surface area contributed by atoms with E-state index in [9.17, 15) is 39.2 Å². The van der Waals surface area contributed by atoms with Gasteiger partial charge in [0.05, 0.1) is 0 Å². The van der Waals surface area contributed by atoms with Crippen molar-refractivity contribution in [3.05, 3.63) is 12.7 Å². The van der Waals surface area contributed by atoms with E-state index in [2.05, 4.69) is 6.58 Å². The fourth-order valence-corrected chi connectivity index (χ4v) is 1.94. The minimum Gasteiger partial charge on any atom is -0.327 e. The number of halogens is 7. The Morgan fingerprint density at radius 1 is 1.12 bits per heavy atom. The van der Waals surface area contributed by atoms with Gasteiger partial charge in [-0.15, -0.1) is 6.58 Å². The lowest BCUT2D eigenvalue weighted by molar-refractivity contribution is -0.300. The SMILES string of the molecule is C=CCN.CCCCCCC(F)C(F)(F)C(F)(F)C(F)(F)S(=O)(=O)O. The minimum atomic E-state index is -6.84. The van der Waals surface area contributed by atoms with Gasteiger partial charge in [-0.1, -0.05) is 38.7 Å². The van der Waals surface area contributed by atoms with Gasteiger partial charge in [0.25, 0.3) is 0 Å². The number of hydrogen-bond donors (Lipinski definition) is 2. The van der Waals surface area contributed by atoms with E-state index >= 15 is 0 Å². The molecule has 0 spiro atoms. The van der Waals surface area contributed by atoms with Crippen LogP contribution < -0.4 is 5.73 Å². The van der Waals surface area contributed by atoms with Crippen LogP contribution in [-0.2, 0) is 10.1 Å². The molecule has 1 atom stereocenters. The molecular formula is C13H22F7NO3S. The summed E-state index contributed by atoms with van der Waals surface area (Å²) in [6, 6.07) is 0. The molecule has 0 fully saturated rings. The van der Waals surface area contributed by atoms with E-state index < -0.39 is 39.8 Å². The van der Waals surface area contributed by atoms with Crippen molar-refractivity contribution in [2.45, 2.75) is 62.3 Å². The summed E-state index contributed by atoms with van der Waals surface area (Å²) < 4.78 is 119. The van der Waals surface area contributed by atoms with Crippen LogP contribution in [0.2, 0.25) is 0 Å². The highest BCUT2D eigenvalue weighted by Crippen LogP contribution is 2.50. The monoisotopic (exact) mass is 405 g/mol. The Kier molecular flexibility index (Phi) is 10.9. The Hall–Kier alpha value is -0.880. The largest absolute Gasteiger partial charge is 0.438 e. The van der Waals surface area contributed by atoms with E-state index in [0.29, 0.717) is 19.4 Å². The van der Waals surface area contributed by atoms with Crippen molar-refractivity contribution in [3.8, 4) is 0 Å².